The fourth-order valence-electron chi connectivity index (χ4n) is 5.33. The van der Waals surface area contributed by atoms with Crippen LogP contribution in [0.1, 0.15) is 37.4 Å². The molecule has 2 N–H and O–H groups in total. The van der Waals surface area contributed by atoms with Crippen LogP contribution in [-0.2, 0) is 16.1 Å². The number of rotatable bonds is 4. The van der Waals surface area contributed by atoms with Gasteiger partial charge in [0.2, 0.25) is 11.8 Å². The molecule has 2 fully saturated rings. The zero-order valence-corrected chi connectivity index (χ0v) is 17.5. The van der Waals surface area contributed by atoms with Crippen LogP contribution in [-0.4, -0.2) is 51.9 Å². The number of carbonyl (C=O) groups is 2. The van der Waals surface area contributed by atoms with Crippen LogP contribution < -0.4 is 5.32 Å². The van der Waals surface area contributed by atoms with Gasteiger partial charge in [0.1, 0.15) is 5.75 Å². The fourth-order valence-corrected chi connectivity index (χ4v) is 5.33. The molecule has 6 nitrogen and oxygen atoms in total. The normalized spacial score (nSPS) is 26.3. The first kappa shape index (κ1) is 20.4. The molecule has 2 aliphatic heterocycles. The number of fused-ring (bicyclic) bond motifs is 1. The Bertz CT molecular complexity index is 915. The molecule has 0 spiro atoms. The van der Waals surface area contributed by atoms with Crippen LogP contribution in [0.2, 0.25) is 0 Å². The molecule has 2 aromatic rings. The minimum absolute atomic E-state index is 0.0476. The van der Waals surface area contributed by atoms with Gasteiger partial charge in [-0.3, -0.25) is 14.5 Å². The summed E-state index contributed by atoms with van der Waals surface area (Å²) in [4.78, 5) is 28.6. The zero-order valence-electron chi connectivity index (χ0n) is 17.5. The smallest absolute Gasteiger partial charge is 0.219 e. The maximum Gasteiger partial charge on any atom is 0.219 e. The molecule has 0 radical (unpaired) electrons. The third-order valence-corrected chi connectivity index (χ3v) is 6.49. The number of piperidine rings is 1. The highest BCUT2D eigenvalue weighted by Crippen LogP contribution is 2.48. The van der Waals surface area contributed by atoms with E-state index in [0.29, 0.717) is 26.2 Å². The Kier molecular flexibility index (Phi) is 5.52. The summed E-state index contributed by atoms with van der Waals surface area (Å²) >= 11 is 0. The zero-order chi connectivity index (χ0) is 21.3. The van der Waals surface area contributed by atoms with Gasteiger partial charge in [-0.2, -0.15) is 0 Å². The van der Waals surface area contributed by atoms with Crippen molar-refractivity contribution in [1.29, 1.82) is 0 Å². The number of phenols is 1. The molecule has 2 saturated heterocycles. The minimum Gasteiger partial charge on any atom is -0.508 e. The Balaban J connectivity index is 1.73. The molecule has 2 heterocycles. The molecular formula is C24H29N3O3. The summed E-state index contributed by atoms with van der Waals surface area (Å²) in [6.45, 7) is 5.76. The third kappa shape index (κ3) is 3.92. The topological polar surface area (TPSA) is 72.9 Å². The molecule has 0 aliphatic carbocycles. The minimum atomic E-state index is -0.479. The quantitative estimate of drug-likeness (QED) is 0.817. The summed E-state index contributed by atoms with van der Waals surface area (Å²) in [5.74, 6) is 0.437. The Morgan fingerprint density at radius 1 is 1.07 bits per heavy atom. The van der Waals surface area contributed by atoms with Gasteiger partial charge in [0.15, 0.2) is 0 Å². The summed E-state index contributed by atoms with van der Waals surface area (Å²) in [7, 11) is 0. The second-order valence-corrected chi connectivity index (χ2v) is 8.60. The molecule has 30 heavy (non-hydrogen) atoms. The monoisotopic (exact) mass is 407 g/mol. The third-order valence-electron chi connectivity index (χ3n) is 6.49. The van der Waals surface area contributed by atoms with E-state index >= 15 is 0 Å². The van der Waals surface area contributed by atoms with Crippen LogP contribution in [0, 0.1) is 5.92 Å². The molecule has 0 bridgehead atoms. The standard InChI is InChI=1S/C24H29N3O3/c1-17(28)25-24-15-26(18(2)29)13-12-22(24)23(20-6-4-3-5-7-20)27(16-24)14-19-8-10-21(30)11-9-19/h3-11,22-23,30H,12-16H2,1-2H3,(H,25,28)/t22-,23-,24-/m1/s1. The lowest BCUT2D eigenvalue weighted by Gasteiger charge is -2.45. The molecule has 4 rings (SSSR count). The molecule has 2 amide bonds. The Labute approximate surface area is 177 Å². The van der Waals surface area contributed by atoms with Gasteiger partial charge < -0.3 is 15.3 Å². The van der Waals surface area contributed by atoms with Crippen molar-refractivity contribution in [3.8, 4) is 5.75 Å². The summed E-state index contributed by atoms with van der Waals surface area (Å²) in [5.41, 5.74) is 1.85. The number of hydrogen-bond donors (Lipinski definition) is 2. The average Bonchev–Trinajstić information content (AvgIpc) is 3.02. The van der Waals surface area contributed by atoms with Crippen LogP contribution in [0.5, 0.6) is 5.75 Å². The lowest BCUT2D eigenvalue weighted by atomic mass is 9.75. The van der Waals surface area contributed by atoms with E-state index in [9.17, 15) is 14.7 Å². The van der Waals surface area contributed by atoms with Gasteiger partial charge in [-0.25, -0.2) is 0 Å². The number of carbonyl (C=O) groups excluding carboxylic acids is 2. The molecule has 3 atom stereocenters. The first-order valence-corrected chi connectivity index (χ1v) is 10.5. The van der Waals surface area contributed by atoms with Crippen LogP contribution in [0.15, 0.2) is 54.6 Å². The van der Waals surface area contributed by atoms with Crippen LogP contribution in [0.25, 0.3) is 0 Å². The number of hydrogen-bond acceptors (Lipinski definition) is 4. The van der Waals surface area contributed by atoms with E-state index in [-0.39, 0.29) is 29.5 Å². The molecule has 0 aromatic heterocycles. The Hall–Kier alpha value is -2.86. The molecule has 2 aromatic carbocycles. The lowest BCUT2D eigenvalue weighted by Crippen LogP contribution is -2.64. The van der Waals surface area contributed by atoms with Crippen molar-refractivity contribution in [2.24, 2.45) is 5.92 Å². The Morgan fingerprint density at radius 2 is 1.77 bits per heavy atom. The van der Waals surface area contributed by atoms with Crippen molar-refractivity contribution in [2.45, 2.75) is 38.4 Å². The van der Waals surface area contributed by atoms with Gasteiger partial charge in [0.25, 0.3) is 0 Å². The van der Waals surface area contributed by atoms with Crippen molar-refractivity contribution < 1.29 is 14.7 Å². The van der Waals surface area contributed by atoms with Gasteiger partial charge in [-0.1, -0.05) is 42.5 Å². The number of benzene rings is 2. The predicted octanol–water partition coefficient (Wildman–Crippen LogP) is 2.69. The summed E-state index contributed by atoms with van der Waals surface area (Å²) in [6.07, 6.45) is 0.839. The molecule has 158 valence electrons. The van der Waals surface area contributed by atoms with Crippen molar-refractivity contribution in [3.63, 3.8) is 0 Å². The van der Waals surface area contributed by atoms with Gasteiger partial charge >= 0.3 is 0 Å². The molecule has 0 saturated carbocycles. The van der Waals surface area contributed by atoms with Crippen molar-refractivity contribution in [3.05, 3.63) is 65.7 Å². The van der Waals surface area contributed by atoms with Gasteiger partial charge in [0, 0.05) is 52.0 Å². The number of aromatic hydroxyl groups is 1. The van der Waals surface area contributed by atoms with E-state index in [1.165, 1.54) is 5.56 Å². The molecule has 0 unspecified atom stereocenters. The highest BCUT2D eigenvalue weighted by atomic mass is 16.3. The number of nitrogens with one attached hydrogen (secondary N) is 1. The maximum absolute atomic E-state index is 12.2. The van der Waals surface area contributed by atoms with Crippen molar-refractivity contribution >= 4 is 11.8 Å². The van der Waals surface area contributed by atoms with Gasteiger partial charge in [-0.05, 0) is 29.7 Å². The van der Waals surface area contributed by atoms with Crippen LogP contribution in [0.3, 0.4) is 0 Å². The van der Waals surface area contributed by atoms with E-state index in [1.807, 2.05) is 23.1 Å². The highest BCUT2D eigenvalue weighted by molar-refractivity contribution is 5.76. The van der Waals surface area contributed by atoms with E-state index in [0.717, 1.165) is 12.0 Å². The maximum atomic E-state index is 12.2. The first-order chi connectivity index (χ1) is 14.4. The average molecular weight is 408 g/mol. The van der Waals surface area contributed by atoms with Crippen molar-refractivity contribution in [2.75, 3.05) is 19.6 Å². The van der Waals surface area contributed by atoms with Gasteiger partial charge in [0.05, 0.1) is 5.54 Å². The summed E-state index contributed by atoms with van der Waals surface area (Å²) in [6, 6.07) is 17.8. The second-order valence-electron chi connectivity index (χ2n) is 8.60. The van der Waals surface area contributed by atoms with E-state index in [2.05, 4.69) is 34.5 Å². The van der Waals surface area contributed by atoms with E-state index in [4.69, 9.17) is 0 Å². The fraction of sp³-hybridized carbons (Fsp3) is 0.417. The highest BCUT2D eigenvalue weighted by Gasteiger charge is 2.56. The molecule has 2 aliphatic rings. The largest absolute Gasteiger partial charge is 0.508 e. The molecule has 6 heteroatoms. The van der Waals surface area contributed by atoms with E-state index in [1.54, 1.807) is 26.0 Å². The molecular weight excluding hydrogens is 378 g/mol. The van der Waals surface area contributed by atoms with Crippen molar-refractivity contribution in [1.82, 2.24) is 15.1 Å². The predicted molar refractivity (Wildman–Crippen MR) is 115 cm³/mol. The van der Waals surface area contributed by atoms with Crippen LogP contribution in [0.4, 0.5) is 0 Å². The summed E-state index contributed by atoms with van der Waals surface area (Å²) < 4.78 is 0. The van der Waals surface area contributed by atoms with E-state index < -0.39 is 5.54 Å². The van der Waals surface area contributed by atoms with Crippen LogP contribution >= 0.6 is 0 Å². The summed E-state index contributed by atoms with van der Waals surface area (Å²) in [5, 5.41) is 12.9. The number of amides is 2. The number of likely N-dealkylation sites (tertiary alicyclic amines) is 2. The number of phenolic OH excluding ortho intramolecular Hbond substituents is 1. The Morgan fingerprint density at radius 3 is 2.40 bits per heavy atom. The lowest BCUT2D eigenvalue weighted by molar-refractivity contribution is -0.134. The second kappa shape index (κ2) is 8.11. The number of nitrogens with zero attached hydrogens (tertiary/aromatic N) is 2. The SMILES string of the molecule is CC(=O)N[C@@]12CN(C(C)=O)CC[C@@H]1[C@@H](c1ccccc1)N(Cc1ccc(O)cc1)C2. The first-order valence-electron chi connectivity index (χ1n) is 10.5. The van der Waals surface area contributed by atoms with Gasteiger partial charge in [-0.15, -0.1) is 0 Å².